The summed E-state index contributed by atoms with van der Waals surface area (Å²) in [5.41, 5.74) is 18.2. The number of rotatable bonds is 10. The van der Waals surface area contributed by atoms with Gasteiger partial charge in [0.1, 0.15) is 0 Å². The third-order valence-corrected chi connectivity index (χ3v) is 12.8. The molecule has 0 fully saturated rings. The molecule has 0 aromatic heterocycles. The Morgan fingerprint density at radius 2 is 0.844 bits per heavy atom. The largest absolute Gasteiger partial charge is 0.311 e. The molecule has 64 heavy (non-hydrogen) atoms. The van der Waals surface area contributed by atoms with E-state index in [1.807, 2.05) is 0 Å². The van der Waals surface area contributed by atoms with Crippen LogP contribution in [0.1, 0.15) is 35.4 Å². The maximum atomic E-state index is 2.39. The fourth-order valence-corrected chi connectivity index (χ4v) is 9.38. The second-order valence-corrected chi connectivity index (χ2v) is 16.9. The lowest BCUT2D eigenvalue weighted by Gasteiger charge is -2.28. The number of para-hydroxylation sites is 1. The molecule has 1 atom stereocenters. The Morgan fingerprint density at radius 3 is 1.45 bits per heavy atom. The van der Waals surface area contributed by atoms with Gasteiger partial charge in [0.25, 0.3) is 0 Å². The molecule has 0 saturated heterocycles. The van der Waals surface area contributed by atoms with E-state index >= 15 is 0 Å². The van der Waals surface area contributed by atoms with Crippen LogP contribution >= 0.6 is 0 Å². The highest BCUT2D eigenvalue weighted by Crippen LogP contribution is 2.39. The third kappa shape index (κ3) is 7.98. The summed E-state index contributed by atoms with van der Waals surface area (Å²) in [6, 6.07) is 79.6. The topological polar surface area (TPSA) is 6.48 Å². The van der Waals surface area contributed by atoms with Crippen molar-refractivity contribution in [2.45, 2.75) is 25.2 Å². The average molecular weight is 821 g/mol. The summed E-state index contributed by atoms with van der Waals surface area (Å²) in [5.74, 6) is 0.387. The summed E-state index contributed by atoms with van der Waals surface area (Å²) in [5, 5.41) is 2.51. The molecule has 0 aliphatic heterocycles. The van der Waals surface area contributed by atoms with Crippen molar-refractivity contribution >= 4 is 45.3 Å². The van der Waals surface area contributed by atoms with Gasteiger partial charge in [-0.3, -0.25) is 0 Å². The van der Waals surface area contributed by atoms with Gasteiger partial charge in [0, 0.05) is 40.1 Å². The van der Waals surface area contributed by atoms with E-state index in [4.69, 9.17) is 0 Å². The first-order valence-corrected chi connectivity index (χ1v) is 22.5. The molecule has 306 valence electrons. The molecule has 0 amide bonds. The normalized spacial score (nSPS) is 14.2. The molecule has 9 aromatic rings. The van der Waals surface area contributed by atoms with Gasteiger partial charge < -0.3 is 9.80 Å². The van der Waals surface area contributed by atoms with E-state index < -0.39 is 0 Å². The van der Waals surface area contributed by atoms with Gasteiger partial charge in [0.05, 0.1) is 0 Å². The van der Waals surface area contributed by atoms with Crippen molar-refractivity contribution in [3.63, 3.8) is 0 Å². The van der Waals surface area contributed by atoms with Crippen LogP contribution in [0, 0.1) is 0 Å². The van der Waals surface area contributed by atoms with Crippen molar-refractivity contribution in [1.82, 2.24) is 0 Å². The minimum Gasteiger partial charge on any atom is -0.311 e. The molecule has 2 nitrogen and oxygen atoms in total. The molecule has 11 rings (SSSR count). The molecule has 0 spiro atoms. The van der Waals surface area contributed by atoms with Gasteiger partial charge in [0.2, 0.25) is 0 Å². The first-order chi connectivity index (χ1) is 31.7. The van der Waals surface area contributed by atoms with Crippen LogP contribution in [-0.2, 0) is 6.42 Å². The minimum absolute atomic E-state index is 0.387. The predicted octanol–water partition coefficient (Wildman–Crippen LogP) is 17.0. The lowest BCUT2D eigenvalue weighted by molar-refractivity contribution is 0.827. The summed E-state index contributed by atoms with van der Waals surface area (Å²) < 4.78 is 0. The third-order valence-electron chi connectivity index (χ3n) is 12.8. The van der Waals surface area contributed by atoms with Gasteiger partial charge in [-0.25, -0.2) is 0 Å². The van der Waals surface area contributed by atoms with E-state index in [0.29, 0.717) is 5.92 Å². The molecular formula is C62H48N2. The van der Waals surface area contributed by atoms with E-state index in [2.05, 4.69) is 259 Å². The van der Waals surface area contributed by atoms with Crippen molar-refractivity contribution in [2.24, 2.45) is 0 Å². The highest BCUT2D eigenvalue weighted by molar-refractivity contribution is 5.88. The molecule has 0 radical (unpaired) electrons. The minimum atomic E-state index is 0.387. The van der Waals surface area contributed by atoms with E-state index in [-0.39, 0.29) is 0 Å². The van der Waals surface area contributed by atoms with Crippen LogP contribution in [0.4, 0.5) is 28.4 Å². The smallest absolute Gasteiger partial charge is 0.0462 e. The number of hydrogen-bond acceptors (Lipinski definition) is 2. The summed E-state index contributed by atoms with van der Waals surface area (Å²) >= 11 is 0. The molecule has 0 bridgehead atoms. The lowest BCUT2D eigenvalue weighted by atomic mass is 9.85. The van der Waals surface area contributed by atoms with Crippen LogP contribution in [0.3, 0.4) is 0 Å². The van der Waals surface area contributed by atoms with Crippen molar-refractivity contribution in [2.75, 3.05) is 9.80 Å². The van der Waals surface area contributed by atoms with Crippen LogP contribution in [0.25, 0.3) is 50.2 Å². The van der Waals surface area contributed by atoms with Crippen molar-refractivity contribution in [3.05, 3.63) is 265 Å². The molecule has 0 saturated carbocycles. The molecule has 9 aromatic carbocycles. The summed E-state index contributed by atoms with van der Waals surface area (Å²) in [7, 11) is 0. The number of nitrogens with zero attached hydrogens (tertiary/aromatic N) is 2. The van der Waals surface area contributed by atoms with Crippen LogP contribution in [0.15, 0.2) is 248 Å². The number of anilines is 5. The fourth-order valence-electron chi connectivity index (χ4n) is 9.38. The van der Waals surface area contributed by atoms with Gasteiger partial charge in [-0.1, -0.05) is 176 Å². The van der Waals surface area contributed by atoms with E-state index in [0.717, 1.165) is 42.0 Å². The number of allylic oxidation sites excluding steroid dienone is 4. The van der Waals surface area contributed by atoms with Crippen molar-refractivity contribution in [3.8, 4) is 33.4 Å². The molecule has 1 unspecified atom stereocenters. The molecular weight excluding hydrogens is 773 g/mol. The molecule has 2 aliphatic carbocycles. The van der Waals surface area contributed by atoms with E-state index in [1.165, 1.54) is 72.2 Å². The van der Waals surface area contributed by atoms with Gasteiger partial charge in [-0.05, 0) is 153 Å². The van der Waals surface area contributed by atoms with Crippen LogP contribution in [0.2, 0.25) is 0 Å². The van der Waals surface area contributed by atoms with Crippen LogP contribution < -0.4 is 9.80 Å². The fraction of sp³-hybridized carbons (Fsp3) is 0.0645. The van der Waals surface area contributed by atoms with Crippen molar-refractivity contribution < 1.29 is 0 Å². The Bertz CT molecular complexity index is 3140. The summed E-state index contributed by atoms with van der Waals surface area (Å²) in [6.45, 7) is 0. The highest BCUT2D eigenvalue weighted by atomic mass is 15.1. The zero-order chi connectivity index (χ0) is 42.7. The van der Waals surface area contributed by atoms with Gasteiger partial charge in [-0.2, -0.15) is 0 Å². The van der Waals surface area contributed by atoms with E-state index in [1.54, 1.807) is 0 Å². The van der Waals surface area contributed by atoms with Crippen LogP contribution in [-0.4, -0.2) is 0 Å². The molecule has 2 aliphatic rings. The predicted molar refractivity (Wildman–Crippen MR) is 272 cm³/mol. The van der Waals surface area contributed by atoms with E-state index in [9.17, 15) is 0 Å². The first-order valence-electron chi connectivity index (χ1n) is 22.5. The Hall–Kier alpha value is -7.94. The van der Waals surface area contributed by atoms with Crippen LogP contribution in [0.5, 0.6) is 0 Å². The monoisotopic (exact) mass is 820 g/mol. The number of hydrogen-bond donors (Lipinski definition) is 0. The summed E-state index contributed by atoms with van der Waals surface area (Å²) in [4.78, 5) is 4.72. The maximum absolute atomic E-state index is 2.39. The summed E-state index contributed by atoms with van der Waals surface area (Å²) in [6.07, 6.45) is 14.7. The molecule has 2 heteroatoms. The zero-order valence-corrected chi connectivity index (χ0v) is 35.8. The van der Waals surface area contributed by atoms with Gasteiger partial charge in [-0.15, -0.1) is 0 Å². The van der Waals surface area contributed by atoms with Gasteiger partial charge >= 0.3 is 0 Å². The zero-order valence-electron chi connectivity index (χ0n) is 35.8. The SMILES string of the molecule is C1=CC(N(c2ccc(-c3ccc(-c4ccc(N(c5ccccc5)c5ccc(-c6ccc7ccccc7c6)cc5)cc4)cc3)cc2)c2ccc(C3C=Cc4ccccc4C3)cc2)=CCC1. The number of benzene rings is 9. The second kappa shape index (κ2) is 17.4. The Kier molecular flexibility index (Phi) is 10.6. The second-order valence-electron chi connectivity index (χ2n) is 16.9. The molecule has 0 N–H and O–H groups in total. The first kappa shape index (κ1) is 38.9. The Balaban J connectivity index is 0.811. The van der Waals surface area contributed by atoms with Gasteiger partial charge in [0.15, 0.2) is 0 Å². The average Bonchev–Trinajstić information content (AvgIpc) is 3.38. The lowest BCUT2D eigenvalue weighted by Crippen LogP contribution is -2.16. The molecule has 0 heterocycles. The highest BCUT2D eigenvalue weighted by Gasteiger charge is 2.19. The Labute approximate surface area is 377 Å². The van der Waals surface area contributed by atoms with Crippen molar-refractivity contribution in [1.29, 1.82) is 0 Å². The quantitative estimate of drug-likeness (QED) is 0.136. The standard InChI is InChI=1S/C62H48N2/c1-3-15-57(16-4-1)63(61-39-31-51(32-40-61)55-25-23-45-11-7-9-13-53(45)43-55)59-35-27-49(28-36-59)47-19-21-48(22-20-47)50-29-37-60(38-30-50)64(58-17-5-2-6-18-58)62-41-33-52(34-42-62)56-26-24-46-12-8-10-14-54(46)44-56/h1,3-5,7-43,56H,2,6,44H2. The number of fused-ring (bicyclic) bond motifs is 2. The Morgan fingerprint density at radius 1 is 0.359 bits per heavy atom. The maximum Gasteiger partial charge on any atom is 0.0462 e.